The number of Topliss-reactive ketones (excluding diaryl/α,β-unsaturated/α-hetero) is 1. The fourth-order valence-electron chi connectivity index (χ4n) is 3.67. The van der Waals surface area contributed by atoms with Crippen LogP contribution in [0.4, 0.5) is 8.78 Å². The lowest BCUT2D eigenvalue weighted by atomic mass is 9.92. The van der Waals surface area contributed by atoms with Crippen LogP contribution in [0.2, 0.25) is 0 Å². The lowest BCUT2D eigenvalue weighted by Gasteiger charge is -2.14. The van der Waals surface area contributed by atoms with Crippen molar-refractivity contribution in [2.24, 2.45) is 0 Å². The Morgan fingerprint density at radius 1 is 0.971 bits per heavy atom. The molecule has 0 spiro atoms. The highest BCUT2D eigenvalue weighted by atomic mass is 19.1. The van der Waals surface area contributed by atoms with Crippen molar-refractivity contribution in [1.82, 2.24) is 14.8 Å². The number of pyridine rings is 1. The number of hydrogen-bond acceptors (Lipinski definition) is 4. The SMILES string of the molecule is Cc1cc(Oc2ccc(CC(=O)Cc3cc(C(C)(C)C)nn3-c3cccc(F)c3)c(F)c2)ccn1. The maximum atomic E-state index is 14.8. The van der Waals surface area contributed by atoms with Crippen LogP contribution in [0.25, 0.3) is 5.69 Å². The molecule has 0 aliphatic rings. The molecule has 0 aliphatic heterocycles. The van der Waals surface area contributed by atoms with Crippen molar-refractivity contribution in [3.8, 4) is 17.2 Å². The topological polar surface area (TPSA) is 57.0 Å². The third-order valence-corrected chi connectivity index (χ3v) is 5.50. The van der Waals surface area contributed by atoms with Gasteiger partial charge in [0.15, 0.2) is 0 Å². The van der Waals surface area contributed by atoms with Crippen molar-refractivity contribution in [3.05, 3.63) is 101 Å². The van der Waals surface area contributed by atoms with E-state index in [9.17, 15) is 13.6 Å². The van der Waals surface area contributed by atoms with Gasteiger partial charge in [-0.1, -0.05) is 32.9 Å². The monoisotopic (exact) mass is 475 g/mol. The van der Waals surface area contributed by atoms with E-state index < -0.39 is 5.82 Å². The lowest BCUT2D eigenvalue weighted by molar-refractivity contribution is -0.117. The number of ether oxygens (including phenoxy) is 1. The highest BCUT2D eigenvalue weighted by Crippen LogP contribution is 2.26. The molecule has 180 valence electrons. The number of aromatic nitrogens is 3. The Balaban J connectivity index is 1.53. The van der Waals surface area contributed by atoms with Crippen molar-refractivity contribution in [1.29, 1.82) is 0 Å². The molecule has 0 saturated carbocycles. The van der Waals surface area contributed by atoms with Crippen LogP contribution in [0, 0.1) is 18.6 Å². The summed E-state index contributed by atoms with van der Waals surface area (Å²) in [4.78, 5) is 17.0. The molecule has 0 N–H and O–H groups in total. The van der Waals surface area contributed by atoms with E-state index in [1.54, 1.807) is 47.3 Å². The second-order valence-corrected chi connectivity index (χ2v) is 9.54. The minimum Gasteiger partial charge on any atom is -0.457 e. The fraction of sp³-hybridized carbons (Fsp3) is 0.250. The van der Waals surface area contributed by atoms with Gasteiger partial charge in [-0.15, -0.1) is 0 Å². The van der Waals surface area contributed by atoms with E-state index in [2.05, 4.69) is 10.1 Å². The number of hydrogen-bond donors (Lipinski definition) is 0. The maximum absolute atomic E-state index is 14.8. The van der Waals surface area contributed by atoms with Gasteiger partial charge in [0.25, 0.3) is 0 Å². The standard InChI is InChI=1S/C28H27F2N3O2/c1-18-12-25(10-11-31-18)35-24-9-8-19(26(30)17-24)13-23(34)15-22-16-27(28(2,3)4)32-33(22)21-7-5-6-20(29)14-21/h5-12,14,16-17H,13,15H2,1-4H3. The van der Waals surface area contributed by atoms with E-state index in [0.717, 1.165) is 11.4 Å². The third-order valence-electron chi connectivity index (χ3n) is 5.50. The first-order valence-corrected chi connectivity index (χ1v) is 11.3. The molecule has 0 aliphatic carbocycles. The number of halogens is 2. The van der Waals surface area contributed by atoms with Crippen molar-refractivity contribution >= 4 is 5.78 Å². The minimum absolute atomic E-state index is 0.0353. The molecule has 35 heavy (non-hydrogen) atoms. The van der Waals surface area contributed by atoms with E-state index in [1.165, 1.54) is 18.2 Å². The van der Waals surface area contributed by atoms with Gasteiger partial charge >= 0.3 is 0 Å². The molecule has 2 aromatic carbocycles. The quantitative estimate of drug-likeness (QED) is 0.315. The molecule has 0 radical (unpaired) electrons. The second-order valence-electron chi connectivity index (χ2n) is 9.54. The number of nitrogens with zero attached hydrogens (tertiary/aromatic N) is 3. The highest BCUT2D eigenvalue weighted by molar-refractivity contribution is 5.83. The molecule has 2 heterocycles. The van der Waals surface area contributed by atoms with Gasteiger partial charge in [0.2, 0.25) is 0 Å². The van der Waals surface area contributed by atoms with Crippen LogP contribution in [0.5, 0.6) is 11.5 Å². The first-order valence-electron chi connectivity index (χ1n) is 11.3. The fourth-order valence-corrected chi connectivity index (χ4v) is 3.67. The van der Waals surface area contributed by atoms with E-state index in [0.29, 0.717) is 22.9 Å². The Labute approximate surface area is 203 Å². The van der Waals surface area contributed by atoms with Crippen LogP contribution in [0.15, 0.2) is 66.9 Å². The summed E-state index contributed by atoms with van der Waals surface area (Å²) in [5, 5.41) is 4.63. The van der Waals surface area contributed by atoms with Crippen molar-refractivity contribution in [3.63, 3.8) is 0 Å². The van der Waals surface area contributed by atoms with E-state index in [4.69, 9.17) is 4.74 Å². The zero-order chi connectivity index (χ0) is 25.2. The molecule has 0 saturated heterocycles. The number of benzene rings is 2. The van der Waals surface area contributed by atoms with Crippen molar-refractivity contribution < 1.29 is 18.3 Å². The summed E-state index contributed by atoms with van der Waals surface area (Å²) in [7, 11) is 0. The van der Waals surface area contributed by atoms with Gasteiger partial charge in [-0.25, -0.2) is 13.5 Å². The van der Waals surface area contributed by atoms with Crippen molar-refractivity contribution in [2.75, 3.05) is 0 Å². The summed E-state index contributed by atoms with van der Waals surface area (Å²) >= 11 is 0. The first-order chi connectivity index (χ1) is 16.6. The summed E-state index contributed by atoms with van der Waals surface area (Å²) in [6.07, 6.45) is 1.57. The molecule has 0 atom stereocenters. The molecule has 4 aromatic rings. The van der Waals surface area contributed by atoms with Crippen LogP contribution in [0.1, 0.15) is 43.4 Å². The molecule has 2 aromatic heterocycles. The minimum atomic E-state index is -0.518. The predicted octanol–water partition coefficient (Wildman–Crippen LogP) is 6.30. The molecule has 0 amide bonds. The Bertz CT molecular complexity index is 1370. The van der Waals surface area contributed by atoms with Crippen molar-refractivity contribution in [2.45, 2.75) is 46.0 Å². The molecule has 0 unspecified atom stereocenters. The number of aryl methyl sites for hydroxylation is 1. The number of carbonyl (C=O) groups is 1. The van der Waals surface area contributed by atoms with Gasteiger partial charge in [0.1, 0.15) is 28.9 Å². The molecular weight excluding hydrogens is 448 g/mol. The summed E-state index contributed by atoms with van der Waals surface area (Å²) < 4.78 is 35.9. The average Bonchev–Trinajstić information content (AvgIpc) is 3.20. The Hall–Kier alpha value is -3.87. The van der Waals surface area contributed by atoms with Crippen LogP contribution in [0.3, 0.4) is 0 Å². The zero-order valence-electron chi connectivity index (χ0n) is 20.2. The summed E-state index contributed by atoms with van der Waals surface area (Å²) in [5.41, 5.74) is 2.74. The smallest absolute Gasteiger partial charge is 0.143 e. The lowest BCUT2D eigenvalue weighted by Crippen LogP contribution is -2.13. The van der Waals surface area contributed by atoms with Gasteiger partial charge in [-0.05, 0) is 48.9 Å². The third kappa shape index (κ3) is 5.98. The van der Waals surface area contributed by atoms with Crippen LogP contribution in [-0.4, -0.2) is 20.5 Å². The van der Waals surface area contributed by atoms with Gasteiger partial charge in [0, 0.05) is 42.3 Å². The average molecular weight is 476 g/mol. The normalized spacial score (nSPS) is 11.5. The predicted molar refractivity (Wildman–Crippen MR) is 130 cm³/mol. The summed E-state index contributed by atoms with van der Waals surface area (Å²) in [6, 6.07) is 15.8. The Morgan fingerprint density at radius 2 is 1.74 bits per heavy atom. The molecule has 0 fully saturated rings. The zero-order valence-corrected chi connectivity index (χ0v) is 20.2. The van der Waals surface area contributed by atoms with Gasteiger partial charge in [0.05, 0.1) is 17.1 Å². The largest absolute Gasteiger partial charge is 0.457 e. The molecule has 5 nitrogen and oxygen atoms in total. The Morgan fingerprint density at radius 3 is 2.43 bits per heavy atom. The first kappa shape index (κ1) is 24.3. The van der Waals surface area contributed by atoms with E-state index >= 15 is 0 Å². The molecule has 7 heteroatoms. The summed E-state index contributed by atoms with van der Waals surface area (Å²) in [5.74, 6) is -0.195. The molecule has 0 bridgehead atoms. The number of rotatable bonds is 7. The van der Waals surface area contributed by atoms with E-state index in [1.807, 2.05) is 33.8 Å². The van der Waals surface area contributed by atoms with Gasteiger partial charge < -0.3 is 4.74 Å². The summed E-state index contributed by atoms with van der Waals surface area (Å²) in [6.45, 7) is 7.89. The second kappa shape index (κ2) is 9.78. The maximum Gasteiger partial charge on any atom is 0.143 e. The van der Waals surface area contributed by atoms with Gasteiger partial charge in [-0.3, -0.25) is 9.78 Å². The highest BCUT2D eigenvalue weighted by Gasteiger charge is 2.22. The van der Waals surface area contributed by atoms with Crippen LogP contribution in [-0.2, 0) is 23.1 Å². The molecular formula is C28H27F2N3O2. The number of carbonyl (C=O) groups excluding carboxylic acids is 1. The number of ketones is 1. The van der Waals surface area contributed by atoms with Crippen LogP contribution < -0.4 is 4.74 Å². The molecule has 4 rings (SSSR count). The van der Waals surface area contributed by atoms with Crippen LogP contribution >= 0.6 is 0 Å². The Kier molecular flexibility index (Phi) is 6.78. The van der Waals surface area contributed by atoms with Gasteiger partial charge in [-0.2, -0.15) is 5.10 Å². The van der Waals surface area contributed by atoms with E-state index in [-0.39, 0.29) is 35.4 Å².